The van der Waals surface area contributed by atoms with Gasteiger partial charge in [-0.15, -0.1) is 23.5 Å². The quantitative estimate of drug-likeness (QED) is 0.204. The molecule has 4 rings (SSSR count). The fourth-order valence-electron chi connectivity index (χ4n) is 3.24. The molecule has 0 saturated heterocycles. The Bertz CT molecular complexity index is 1170. The Morgan fingerprint density at radius 2 is 1.48 bits per heavy atom. The standard InChI is InChI=1S/C11H14BrN3OS.C11H15N3OS/c1-16-5-3-4-8-7-15-9(12)6-13-10(15)11(14-8)17-2;1-15-7-3-4-9-8-14-6-5-12-10(14)11(13-9)16-2/h6-7H,3-5H2,1-2H3;5-6,8H,3-4,7H2,1-2H3. The van der Waals surface area contributed by atoms with E-state index in [1.54, 1.807) is 50.1 Å². The van der Waals surface area contributed by atoms with E-state index in [2.05, 4.69) is 35.9 Å². The summed E-state index contributed by atoms with van der Waals surface area (Å²) in [6, 6.07) is 0. The van der Waals surface area contributed by atoms with Gasteiger partial charge in [0.15, 0.2) is 11.3 Å². The Labute approximate surface area is 211 Å². The number of aryl methyl sites for hydroxylation is 2. The number of imidazole rings is 2. The fraction of sp³-hybridized carbons (Fsp3) is 0.455. The molecular formula is C22H29BrN6O2S2. The molecule has 4 aromatic heterocycles. The molecule has 0 aromatic carbocycles. The Balaban J connectivity index is 0.000000186. The summed E-state index contributed by atoms with van der Waals surface area (Å²) in [7, 11) is 3.44. The topological polar surface area (TPSA) is 78.8 Å². The lowest BCUT2D eigenvalue weighted by molar-refractivity contribution is 0.195. The van der Waals surface area contributed by atoms with Crippen LogP contribution in [-0.4, -0.2) is 68.7 Å². The van der Waals surface area contributed by atoms with E-state index >= 15 is 0 Å². The van der Waals surface area contributed by atoms with E-state index in [1.165, 1.54) is 0 Å². The number of rotatable bonds is 10. The highest BCUT2D eigenvalue weighted by molar-refractivity contribution is 9.10. The van der Waals surface area contributed by atoms with Crippen LogP contribution in [0.4, 0.5) is 0 Å². The van der Waals surface area contributed by atoms with Crippen LogP contribution in [0.2, 0.25) is 0 Å². The van der Waals surface area contributed by atoms with Crippen LogP contribution in [0.1, 0.15) is 24.2 Å². The summed E-state index contributed by atoms with van der Waals surface area (Å²) >= 11 is 6.73. The van der Waals surface area contributed by atoms with Crippen molar-refractivity contribution < 1.29 is 9.47 Å². The van der Waals surface area contributed by atoms with Gasteiger partial charge in [-0.05, 0) is 54.1 Å². The van der Waals surface area contributed by atoms with Crippen LogP contribution >= 0.6 is 39.5 Å². The molecule has 0 saturated carbocycles. The van der Waals surface area contributed by atoms with Crippen molar-refractivity contribution in [1.82, 2.24) is 28.7 Å². The zero-order chi connectivity index (χ0) is 23.6. The Morgan fingerprint density at radius 3 is 2.09 bits per heavy atom. The fourth-order valence-corrected chi connectivity index (χ4v) is 4.71. The summed E-state index contributed by atoms with van der Waals surface area (Å²) in [4.78, 5) is 17.8. The Hall–Kier alpha value is -1.66. The third-order valence-electron chi connectivity index (χ3n) is 4.81. The van der Waals surface area contributed by atoms with Gasteiger partial charge >= 0.3 is 0 Å². The number of hydrogen-bond acceptors (Lipinski definition) is 8. The van der Waals surface area contributed by atoms with Crippen LogP contribution in [0.15, 0.2) is 45.6 Å². The Morgan fingerprint density at radius 1 is 0.879 bits per heavy atom. The first-order valence-corrected chi connectivity index (χ1v) is 13.8. The first-order chi connectivity index (χ1) is 16.1. The summed E-state index contributed by atoms with van der Waals surface area (Å²) in [6.07, 6.45) is 17.5. The number of aromatic nitrogens is 6. The lowest BCUT2D eigenvalue weighted by atomic mass is 10.2. The summed E-state index contributed by atoms with van der Waals surface area (Å²) in [6.45, 7) is 1.54. The summed E-state index contributed by atoms with van der Waals surface area (Å²) < 4.78 is 15.1. The molecule has 178 valence electrons. The highest BCUT2D eigenvalue weighted by Gasteiger charge is 2.09. The molecule has 0 radical (unpaired) electrons. The van der Waals surface area contributed by atoms with Gasteiger partial charge < -0.3 is 13.9 Å². The third-order valence-corrected chi connectivity index (χ3v) is 6.72. The smallest absolute Gasteiger partial charge is 0.170 e. The molecule has 4 aromatic rings. The van der Waals surface area contributed by atoms with Gasteiger partial charge in [-0.2, -0.15) is 0 Å². The van der Waals surface area contributed by atoms with Crippen molar-refractivity contribution in [3.8, 4) is 0 Å². The molecule has 0 aliphatic rings. The van der Waals surface area contributed by atoms with E-state index in [0.717, 1.165) is 76.2 Å². The predicted molar refractivity (Wildman–Crippen MR) is 138 cm³/mol. The molecule has 0 N–H and O–H groups in total. The molecule has 33 heavy (non-hydrogen) atoms. The first kappa shape index (κ1) is 26.0. The highest BCUT2D eigenvalue weighted by atomic mass is 79.9. The third kappa shape index (κ3) is 6.92. The molecule has 0 spiro atoms. The maximum atomic E-state index is 5.05. The van der Waals surface area contributed by atoms with Crippen molar-refractivity contribution in [2.45, 2.75) is 35.7 Å². The normalized spacial score (nSPS) is 11.2. The molecule has 0 amide bonds. The monoisotopic (exact) mass is 552 g/mol. The number of halogens is 1. The molecule has 0 bridgehead atoms. The van der Waals surface area contributed by atoms with Crippen LogP contribution in [-0.2, 0) is 22.3 Å². The zero-order valence-corrected chi connectivity index (χ0v) is 22.5. The minimum atomic E-state index is 0.763. The van der Waals surface area contributed by atoms with Crippen molar-refractivity contribution in [3.05, 3.63) is 47.0 Å². The van der Waals surface area contributed by atoms with Gasteiger partial charge in [0, 0.05) is 52.2 Å². The molecule has 0 fully saturated rings. The molecule has 4 heterocycles. The van der Waals surface area contributed by atoms with Crippen molar-refractivity contribution in [1.29, 1.82) is 0 Å². The van der Waals surface area contributed by atoms with Crippen LogP contribution in [0.25, 0.3) is 11.3 Å². The molecule has 0 aliphatic carbocycles. The van der Waals surface area contributed by atoms with E-state index in [4.69, 9.17) is 9.47 Å². The van der Waals surface area contributed by atoms with E-state index in [0.29, 0.717) is 0 Å². The predicted octanol–water partition coefficient (Wildman–Crippen LogP) is 4.82. The number of hydrogen-bond donors (Lipinski definition) is 0. The van der Waals surface area contributed by atoms with E-state index in [-0.39, 0.29) is 0 Å². The largest absolute Gasteiger partial charge is 0.385 e. The average Bonchev–Trinajstić information content (AvgIpc) is 3.46. The van der Waals surface area contributed by atoms with Crippen molar-refractivity contribution >= 4 is 50.7 Å². The molecule has 8 nitrogen and oxygen atoms in total. The SMILES string of the molecule is COCCCc1cn2c(Br)cnc2c(SC)n1.COCCCc1cn2ccnc2c(SC)n1. The maximum absolute atomic E-state index is 5.05. The molecule has 0 aliphatic heterocycles. The van der Waals surface area contributed by atoms with E-state index in [1.807, 2.05) is 39.9 Å². The Kier molecular flexibility index (Phi) is 10.4. The van der Waals surface area contributed by atoms with Crippen LogP contribution in [0, 0.1) is 0 Å². The molecule has 0 atom stereocenters. The van der Waals surface area contributed by atoms with Gasteiger partial charge in [0.1, 0.15) is 14.7 Å². The average molecular weight is 554 g/mol. The van der Waals surface area contributed by atoms with Gasteiger partial charge in [-0.3, -0.25) is 4.40 Å². The molecule has 11 heteroatoms. The van der Waals surface area contributed by atoms with Gasteiger partial charge in [0.2, 0.25) is 0 Å². The number of nitrogens with zero attached hydrogens (tertiary/aromatic N) is 6. The van der Waals surface area contributed by atoms with Crippen molar-refractivity contribution in [3.63, 3.8) is 0 Å². The van der Waals surface area contributed by atoms with Crippen LogP contribution < -0.4 is 0 Å². The second kappa shape index (κ2) is 13.3. The minimum Gasteiger partial charge on any atom is -0.385 e. The summed E-state index contributed by atoms with van der Waals surface area (Å²) in [5.41, 5.74) is 3.99. The lowest BCUT2D eigenvalue weighted by Gasteiger charge is -2.06. The minimum absolute atomic E-state index is 0.763. The number of thioether (sulfide) groups is 2. The second-order valence-electron chi connectivity index (χ2n) is 7.11. The number of fused-ring (bicyclic) bond motifs is 2. The summed E-state index contributed by atoms with van der Waals surface area (Å²) in [5.74, 6) is 0. The summed E-state index contributed by atoms with van der Waals surface area (Å²) in [5, 5.41) is 1.95. The maximum Gasteiger partial charge on any atom is 0.170 e. The molecule has 0 unspecified atom stereocenters. The van der Waals surface area contributed by atoms with Crippen LogP contribution in [0.5, 0.6) is 0 Å². The lowest BCUT2D eigenvalue weighted by Crippen LogP contribution is -2.00. The van der Waals surface area contributed by atoms with Gasteiger partial charge in [-0.25, -0.2) is 19.9 Å². The van der Waals surface area contributed by atoms with E-state index < -0.39 is 0 Å². The van der Waals surface area contributed by atoms with Gasteiger partial charge in [-0.1, -0.05) is 0 Å². The van der Waals surface area contributed by atoms with Gasteiger partial charge in [0.05, 0.1) is 17.6 Å². The van der Waals surface area contributed by atoms with Crippen molar-refractivity contribution in [2.75, 3.05) is 39.9 Å². The molecular weight excluding hydrogens is 524 g/mol. The van der Waals surface area contributed by atoms with Crippen LogP contribution in [0.3, 0.4) is 0 Å². The van der Waals surface area contributed by atoms with Crippen molar-refractivity contribution in [2.24, 2.45) is 0 Å². The van der Waals surface area contributed by atoms with Gasteiger partial charge in [0.25, 0.3) is 0 Å². The van der Waals surface area contributed by atoms with E-state index in [9.17, 15) is 0 Å². The second-order valence-corrected chi connectivity index (χ2v) is 9.51. The number of ether oxygens (including phenoxy) is 2. The number of methoxy groups -OCH3 is 2. The highest BCUT2D eigenvalue weighted by Crippen LogP contribution is 2.23. The zero-order valence-electron chi connectivity index (χ0n) is 19.3. The first-order valence-electron chi connectivity index (χ1n) is 10.5.